The van der Waals surface area contributed by atoms with Gasteiger partial charge in [0.05, 0.1) is 19.4 Å². The molecule has 0 aliphatic carbocycles. The van der Waals surface area contributed by atoms with Crippen LogP contribution in [0.15, 0.2) is 58.6 Å². The van der Waals surface area contributed by atoms with E-state index in [-0.39, 0.29) is 30.0 Å². The summed E-state index contributed by atoms with van der Waals surface area (Å²) >= 11 is 0. The first kappa shape index (κ1) is 23.7. The lowest BCUT2D eigenvalue weighted by Gasteiger charge is -2.35. The second-order valence-corrected chi connectivity index (χ2v) is 8.42. The van der Waals surface area contributed by atoms with Gasteiger partial charge in [-0.15, -0.1) is 0 Å². The molecular formula is C24H21F3N4O5. The number of carboxylic acid groups (broad SMARTS) is 1. The molecule has 3 atom stereocenters. The Balaban J connectivity index is 1.63. The zero-order valence-electron chi connectivity index (χ0n) is 18.9. The van der Waals surface area contributed by atoms with E-state index in [1.165, 1.54) is 7.11 Å². The normalized spacial score (nSPS) is 22.1. The molecule has 2 aliphatic rings. The van der Waals surface area contributed by atoms with Gasteiger partial charge in [-0.2, -0.15) is 13.2 Å². The highest BCUT2D eigenvalue weighted by Crippen LogP contribution is 2.43. The van der Waals surface area contributed by atoms with Crippen LogP contribution in [0.4, 0.5) is 13.2 Å². The molecule has 3 aromatic rings. The number of nitrogens with one attached hydrogen (secondary N) is 2. The lowest BCUT2D eigenvalue weighted by Crippen LogP contribution is -2.54. The summed E-state index contributed by atoms with van der Waals surface area (Å²) in [6, 6.07) is 10.9. The Kier molecular flexibility index (Phi) is 5.83. The molecular weight excluding hydrogens is 481 g/mol. The number of halogens is 3. The zero-order valence-corrected chi connectivity index (χ0v) is 18.9. The number of methoxy groups -OCH3 is 1. The molecule has 3 unspecified atom stereocenters. The van der Waals surface area contributed by atoms with Crippen LogP contribution in [-0.4, -0.2) is 52.5 Å². The number of ether oxygens (including phenoxy) is 1. The number of hydrogen-bond acceptors (Lipinski definition) is 7. The minimum atomic E-state index is -4.67. The number of oxazole rings is 1. The number of benzene rings is 2. The average Bonchev–Trinajstić information content (AvgIpc) is 3.45. The number of aliphatic carboxylic acids is 1. The topological polar surface area (TPSA) is 117 Å². The van der Waals surface area contributed by atoms with Gasteiger partial charge in [-0.05, 0) is 24.1 Å². The van der Waals surface area contributed by atoms with Gasteiger partial charge in [0.2, 0.25) is 5.89 Å². The fourth-order valence-electron chi connectivity index (χ4n) is 4.66. The van der Waals surface area contributed by atoms with Gasteiger partial charge in [-0.1, -0.05) is 36.4 Å². The molecule has 2 aliphatic heterocycles. The van der Waals surface area contributed by atoms with Crippen molar-refractivity contribution in [3.63, 3.8) is 0 Å². The molecule has 0 saturated carbocycles. The van der Waals surface area contributed by atoms with Crippen LogP contribution >= 0.6 is 0 Å². The molecule has 188 valence electrons. The summed E-state index contributed by atoms with van der Waals surface area (Å²) in [6.07, 6.45) is -6.30. The standard InChI is InChI=1S/C24H21F3N4O5/c1-35-14-8-5-9-15-19(14)29-22(36-15)18-13(10-11-16(32)33)28-21-17(12-6-3-2-4-7-12)20(24(25,26)27)30-31(21)23(18)34/h2-9,17,20-21,28,30H,10-11H2,1H3,(H,32,33). The van der Waals surface area contributed by atoms with Crippen LogP contribution in [0.3, 0.4) is 0 Å². The van der Waals surface area contributed by atoms with Crippen molar-refractivity contribution in [1.82, 2.24) is 20.7 Å². The summed E-state index contributed by atoms with van der Waals surface area (Å²) in [5.41, 5.74) is 3.31. The number of alkyl halides is 3. The summed E-state index contributed by atoms with van der Waals surface area (Å²) in [5.74, 6) is -2.91. The smallest absolute Gasteiger partial charge is 0.406 e. The summed E-state index contributed by atoms with van der Waals surface area (Å²) < 4.78 is 53.3. The maximum atomic E-state index is 14.1. The number of carbonyl (C=O) groups excluding carboxylic acids is 1. The largest absolute Gasteiger partial charge is 0.494 e. The minimum Gasteiger partial charge on any atom is -0.494 e. The van der Waals surface area contributed by atoms with E-state index in [9.17, 15) is 27.9 Å². The van der Waals surface area contributed by atoms with Crippen molar-refractivity contribution in [2.45, 2.75) is 37.1 Å². The van der Waals surface area contributed by atoms with Crippen LogP contribution in [0.2, 0.25) is 0 Å². The molecule has 1 aromatic heterocycles. The van der Waals surface area contributed by atoms with Gasteiger partial charge >= 0.3 is 12.1 Å². The van der Waals surface area contributed by atoms with Crippen molar-refractivity contribution in [3.05, 3.63) is 65.7 Å². The van der Waals surface area contributed by atoms with Gasteiger partial charge in [0.25, 0.3) is 5.91 Å². The van der Waals surface area contributed by atoms with Crippen LogP contribution < -0.4 is 15.5 Å². The molecule has 0 spiro atoms. The highest BCUT2D eigenvalue weighted by molar-refractivity contribution is 6.20. The fraction of sp³-hybridized carbons (Fsp3) is 0.292. The average molecular weight is 502 g/mol. The van der Waals surface area contributed by atoms with Crippen LogP contribution in [-0.2, 0) is 9.59 Å². The van der Waals surface area contributed by atoms with Crippen molar-refractivity contribution in [2.24, 2.45) is 0 Å². The molecule has 5 rings (SSSR count). The van der Waals surface area contributed by atoms with E-state index in [1.807, 2.05) is 0 Å². The minimum absolute atomic E-state index is 0.139. The Labute approximate surface area is 202 Å². The maximum Gasteiger partial charge on any atom is 0.406 e. The van der Waals surface area contributed by atoms with E-state index in [1.54, 1.807) is 48.5 Å². The molecule has 36 heavy (non-hydrogen) atoms. The number of hydrogen-bond donors (Lipinski definition) is 3. The number of carbonyl (C=O) groups is 2. The number of fused-ring (bicyclic) bond motifs is 2. The van der Waals surface area contributed by atoms with Crippen LogP contribution in [0.25, 0.3) is 16.7 Å². The van der Waals surface area contributed by atoms with Crippen molar-refractivity contribution < 1.29 is 37.0 Å². The lowest BCUT2D eigenvalue weighted by atomic mass is 9.88. The quantitative estimate of drug-likeness (QED) is 0.470. The Hall–Kier alpha value is -4.06. The summed E-state index contributed by atoms with van der Waals surface area (Å²) in [7, 11) is 1.44. The second-order valence-electron chi connectivity index (χ2n) is 8.42. The molecule has 9 nitrogen and oxygen atoms in total. The van der Waals surface area contributed by atoms with E-state index >= 15 is 0 Å². The molecule has 0 radical (unpaired) electrons. The van der Waals surface area contributed by atoms with E-state index < -0.39 is 36.2 Å². The van der Waals surface area contributed by atoms with E-state index in [2.05, 4.69) is 15.7 Å². The first-order chi connectivity index (χ1) is 17.2. The van der Waals surface area contributed by atoms with Crippen LogP contribution in [0.5, 0.6) is 5.75 Å². The third-order valence-electron chi connectivity index (χ3n) is 6.25. The van der Waals surface area contributed by atoms with E-state index in [0.29, 0.717) is 22.4 Å². The molecule has 1 saturated heterocycles. The highest BCUT2D eigenvalue weighted by Gasteiger charge is 2.58. The number of allylic oxidation sites excluding steroid dienone is 1. The van der Waals surface area contributed by atoms with E-state index in [4.69, 9.17) is 9.15 Å². The van der Waals surface area contributed by atoms with Crippen molar-refractivity contribution in [1.29, 1.82) is 0 Å². The summed E-state index contributed by atoms with van der Waals surface area (Å²) in [5, 5.41) is 13.1. The number of carboxylic acids is 1. The van der Waals surface area contributed by atoms with E-state index in [0.717, 1.165) is 5.01 Å². The SMILES string of the molecule is COc1cccc2oc(C3=C(CCC(=O)O)NC4C(c5ccccc5)C(C(F)(F)F)NN4C3=O)nc12. The van der Waals surface area contributed by atoms with Crippen molar-refractivity contribution >= 4 is 28.5 Å². The van der Waals surface area contributed by atoms with Gasteiger partial charge < -0.3 is 19.6 Å². The molecule has 3 heterocycles. The summed E-state index contributed by atoms with van der Waals surface area (Å²) in [4.78, 5) is 29.3. The van der Waals surface area contributed by atoms with Crippen LogP contribution in [0.1, 0.15) is 30.2 Å². The first-order valence-corrected chi connectivity index (χ1v) is 11.1. The Morgan fingerprint density at radius 3 is 2.61 bits per heavy atom. The Morgan fingerprint density at radius 1 is 1.19 bits per heavy atom. The molecule has 1 fully saturated rings. The number of rotatable bonds is 6. The van der Waals surface area contributed by atoms with Gasteiger partial charge in [0.15, 0.2) is 11.1 Å². The molecule has 3 N–H and O–H groups in total. The zero-order chi connectivity index (χ0) is 25.6. The lowest BCUT2D eigenvalue weighted by molar-refractivity contribution is -0.161. The van der Waals surface area contributed by atoms with Gasteiger partial charge in [-0.25, -0.2) is 15.4 Å². The predicted octanol–water partition coefficient (Wildman–Crippen LogP) is 3.40. The second kappa shape index (κ2) is 8.86. The number of para-hydroxylation sites is 1. The first-order valence-electron chi connectivity index (χ1n) is 11.1. The molecule has 0 bridgehead atoms. The Morgan fingerprint density at radius 2 is 1.94 bits per heavy atom. The number of aromatic nitrogens is 1. The van der Waals surface area contributed by atoms with Crippen molar-refractivity contribution in [3.8, 4) is 5.75 Å². The van der Waals surface area contributed by atoms with Gasteiger partial charge in [0.1, 0.15) is 23.5 Å². The summed E-state index contributed by atoms with van der Waals surface area (Å²) in [6.45, 7) is 0. The monoisotopic (exact) mass is 502 g/mol. The van der Waals surface area contributed by atoms with Crippen LogP contribution in [0, 0.1) is 0 Å². The maximum absolute atomic E-state index is 14.1. The van der Waals surface area contributed by atoms with Gasteiger partial charge in [-0.3, -0.25) is 9.59 Å². The number of amides is 1. The predicted molar refractivity (Wildman–Crippen MR) is 120 cm³/mol. The third kappa shape index (κ3) is 4.02. The van der Waals surface area contributed by atoms with Gasteiger partial charge in [0, 0.05) is 5.70 Å². The van der Waals surface area contributed by atoms with Crippen molar-refractivity contribution in [2.75, 3.05) is 7.11 Å². The number of nitrogens with zero attached hydrogens (tertiary/aromatic N) is 2. The highest BCUT2D eigenvalue weighted by atomic mass is 19.4. The fourth-order valence-corrected chi connectivity index (χ4v) is 4.66. The number of hydrazine groups is 1. The molecule has 1 amide bonds. The third-order valence-corrected chi connectivity index (χ3v) is 6.25. The molecule has 2 aromatic carbocycles. The Bertz CT molecular complexity index is 1350. The molecule has 12 heteroatoms.